The van der Waals surface area contributed by atoms with Gasteiger partial charge in [0.1, 0.15) is 11.5 Å². The van der Waals surface area contributed by atoms with E-state index in [9.17, 15) is 4.79 Å². The molecule has 1 aromatic heterocycles. The number of carbonyl (C=O) groups is 1. The molecule has 1 fully saturated rings. The van der Waals surface area contributed by atoms with E-state index in [1.165, 1.54) is 0 Å². The van der Waals surface area contributed by atoms with E-state index < -0.39 is 5.54 Å². The first-order valence-corrected chi connectivity index (χ1v) is 5.69. The van der Waals surface area contributed by atoms with Gasteiger partial charge >= 0.3 is 0 Å². The Morgan fingerprint density at radius 1 is 1.62 bits per heavy atom. The molecule has 1 saturated heterocycles. The topological polar surface area (TPSA) is 54.3 Å². The number of furan rings is 1. The molecule has 1 aliphatic heterocycles. The Morgan fingerprint density at radius 2 is 2.44 bits per heavy atom. The SMILES string of the molecule is Cc1ccc(CNC(=O)C2(C)CCCN2)o1. The van der Waals surface area contributed by atoms with E-state index in [1.807, 2.05) is 26.0 Å². The van der Waals surface area contributed by atoms with Crippen LogP contribution in [0.3, 0.4) is 0 Å². The molecule has 0 aliphatic carbocycles. The summed E-state index contributed by atoms with van der Waals surface area (Å²) in [6.45, 7) is 5.22. The maximum atomic E-state index is 11.9. The van der Waals surface area contributed by atoms with E-state index in [1.54, 1.807) is 0 Å². The van der Waals surface area contributed by atoms with Crippen LogP contribution in [0.15, 0.2) is 16.5 Å². The highest BCUT2D eigenvalue weighted by atomic mass is 16.3. The average Bonchev–Trinajstić information content (AvgIpc) is 2.85. The molecule has 2 heterocycles. The number of carbonyl (C=O) groups excluding carboxylic acids is 1. The molecular weight excluding hydrogens is 204 g/mol. The molecule has 1 amide bonds. The molecule has 0 radical (unpaired) electrons. The van der Waals surface area contributed by atoms with E-state index in [0.29, 0.717) is 6.54 Å². The van der Waals surface area contributed by atoms with Crippen molar-refractivity contribution in [2.75, 3.05) is 6.54 Å². The van der Waals surface area contributed by atoms with Crippen molar-refractivity contribution in [3.05, 3.63) is 23.7 Å². The summed E-state index contributed by atoms with van der Waals surface area (Å²) >= 11 is 0. The van der Waals surface area contributed by atoms with Gasteiger partial charge in [-0.15, -0.1) is 0 Å². The van der Waals surface area contributed by atoms with Crippen molar-refractivity contribution in [2.24, 2.45) is 0 Å². The molecule has 2 N–H and O–H groups in total. The molecule has 1 unspecified atom stereocenters. The van der Waals surface area contributed by atoms with Crippen molar-refractivity contribution in [1.29, 1.82) is 0 Å². The van der Waals surface area contributed by atoms with Crippen LogP contribution < -0.4 is 10.6 Å². The Hall–Kier alpha value is -1.29. The molecule has 0 saturated carbocycles. The number of rotatable bonds is 3. The third-order valence-electron chi connectivity index (χ3n) is 3.09. The van der Waals surface area contributed by atoms with Gasteiger partial charge in [0.2, 0.25) is 5.91 Å². The van der Waals surface area contributed by atoms with Crippen LogP contribution in [0, 0.1) is 6.92 Å². The fourth-order valence-electron chi connectivity index (χ4n) is 2.03. The van der Waals surface area contributed by atoms with Gasteiger partial charge in [-0.1, -0.05) is 0 Å². The Labute approximate surface area is 95.4 Å². The monoisotopic (exact) mass is 222 g/mol. The average molecular weight is 222 g/mol. The summed E-state index contributed by atoms with van der Waals surface area (Å²) in [6, 6.07) is 3.79. The molecule has 16 heavy (non-hydrogen) atoms. The van der Waals surface area contributed by atoms with E-state index in [2.05, 4.69) is 10.6 Å². The zero-order chi connectivity index (χ0) is 11.6. The maximum Gasteiger partial charge on any atom is 0.240 e. The Bertz CT molecular complexity index is 378. The van der Waals surface area contributed by atoms with Crippen molar-refractivity contribution in [3.63, 3.8) is 0 Å². The summed E-state index contributed by atoms with van der Waals surface area (Å²) in [6.07, 6.45) is 1.96. The standard InChI is InChI=1S/C12H18N2O2/c1-9-4-5-10(16-9)8-13-11(15)12(2)6-3-7-14-12/h4-5,14H,3,6-8H2,1-2H3,(H,13,15). The third-order valence-corrected chi connectivity index (χ3v) is 3.09. The highest BCUT2D eigenvalue weighted by Crippen LogP contribution is 2.18. The Morgan fingerprint density at radius 3 is 3.00 bits per heavy atom. The van der Waals surface area contributed by atoms with Crippen LogP contribution in [0.5, 0.6) is 0 Å². The van der Waals surface area contributed by atoms with Crippen LogP contribution in [-0.2, 0) is 11.3 Å². The molecule has 88 valence electrons. The van der Waals surface area contributed by atoms with Crippen LogP contribution in [0.4, 0.5) is 0 Å². The number of hydrogen-bond acceptors (Lipinski definition) is 3. The summed E-state index contributed by atoms with van der Waals surface area (Å²) in [5, 5.41) is 6.13. The minimum absolute atomic E-state index is 0.0547. The third kappa shape index (κ3) is 2.27. The zero-order valence-corrected chi connectivity index (χ0v) is 9.80. The van der Waals surface area contributed by atoms with Crippen LogP contribution in [0.25, 0.3) is 0 Å². The van der Waals surface area contributed by atoms with E-state index in [0.717, 1.165) is 30.9 Å². The fourth-order valence-corrected chi connectivity index (χ4v) is 2.03. The lowest BCUT2D eigenvalue weighted by Gasteiger charge is -2.22. The van der Waals surface area contributed by atoms with Gasteiger partial charge in [-0.2, -0.15) is 0 Å². The van der Waals surface area contributed by atoms with Gasteiger partial charge in [0, 0.05) is 0 Å². The number of aryl methyl sites for hydroxylation is 1. The van der Waals surface area contributed by atoms with Crippen molar-refractivity contribution >= 4 is 5.91 Å². The number of hydrogen-bond donors (Lipinski definition) is 2. The molecule has 0 bridgehead atoms. The normalized spacial score (nSPS) is 24.6. The molecular formula is C12H18N2O2. The van der Waals surface area contributed by atoms with Gasteiger partial charge in [0.05, 0.1) is 12.1 Å². The molecule has 0 aromatic carbocycles. The summed E-state index contributed by atoms with van der Waals surface area (Å²) in [5.41, 5.74) is -0.401. The molecule has 4 heteroatoms. The van der Waals surface area contributed by atoms with Crippen LogP contribution in [0.2, 0.25) is 0 Å². The molecule has 1 aliphatic rings. The van der Waals surface area contributed by atoms with E-state index >= 15 is 0 Å². The van der Waals surface area contributed by atoms with Gasteiger partial charge in [0.25, 0.3) is 0 Å². The molecule has 0 spiro atoms. The fraction of sp³-hybridized carbons (Fsp3) is 0.583. The van der Waals surface area contributed by atoms with Crippen molar-refractivity contribution in [3.8, 4) is 0 Å². The van der Waals surface area contributed by atoms with Gasteiger partial charge in [-0.25, -0.2) is 0 Å². The predicted octanol–water partition coefficient (Wildman–Crippen LogP) is 1.35. The predicted molar refractivity (Wildman–Crippen MR) is 60.9 cm³/mol. The second-order valence-electron chi connectivity index (χ2n) is 4.56. The zero-order valence-electron chi connectivity index (χ0n) is 9.80. The minimum Gasteiger partial charge on any atom is -0.465 e. The van der Waals surface area contributed by atoms with Crippen molar-refractivity contribution in [1.82, 2.24) is 10.6 Å². The summed E-state index contributed by atoms with van der Waals surface area (Å²) in [5.74, 6) is 1.72. The largest absolute Gasteiger partial charge is 0.465 e. The highest BCUT2D eigenvalue weighted by molar-refractivity contribution is 5.86. The molecule has 1 atom stereocenters. The van der Waals surface area contributed by atoms with Crippen LogP contribution >= 0.6 is 0 Å². The Kier molecular flexibility index (Phi) is 3.01. The van der Waals surface area contributed by atoms with Crippen molar-refractivity contribution < 1.29 is 9.21 Å². The lowest BCUT2D eigenvalue weighted by Crippen LogP contribution is -2.50. The molecule has 1 aromatic rings. The maximum absolute atomic E-state index is 11.9. The minimum atomic E-state index is -0.401. The van der Waals surface area contributed by atoms with Gasteiger partial charge in [-0.3, -0.25) is 4.79 Å². The smallest absolute Gasteiger partial charge is 0.240 e. The van der Waals surface area contributed by atoms with Gasteiger partial charge in [-0.05, 0) is 45.4 Å². The van der Waals surface area contributed by atoms with Crippen LogP contribution in [-0.4, -0.2) is 18.0 Å². The number of amides is 1. The first kappa shape index (κ1) is 11.2. The summed E-state index contributed by atoms with van der Waals surface area (Å²) < 4.78 is 5.39. The van der Waals surface area contributed by atoms with Crippen molar-refractivity contribution in [2.45, 2.75) is 38.8 Å². The van der Waals surface area contributed by atoms with E-state index in [-0.39, 0.29) is 5.91 Å². The first-order valence-electron chi connectivity index (χ1n) is 5.69. The quantitative estimate of drug-likeness (QED) is 0.811. The first-order chi connectivity index (χ1) is 7.60. The molecule has 4 nitrogen and oxygen atoms in total. The Balaban J connectivity index is 1.88. The molecule has 2 rings (SSSR count). The van der Waals surface area contributed by atoms with Gasteiger partial charge < -0.3 is 15.1 Å². The second-order valence-corrected chi connectivity index (χ2v) is 4.56. The second kappa shape index (κ2) is 4.29. The number of nitrogens with one attached hydrogen (secondary N) is 2. The lowest BCUT2D eigenvalue weighted by molar-refractivity contribution is -0.126. The lowest BCUT2D eigenvalue weighted by atomic mass is 9.99. The summed E-state index contributed by atoms with van der Waals surface area (Å²) in [7, 11) is 0. The van der Waals surface area contributed by atoms with Crippen LogP contribution in [0.1, 0.15) is 31.3 Å². The summed E-state index contributed by atoms with van der Waals surface area (Å²) in [4.78, 5) is 11.9. The highest BCUT2D eigenvalue weighted by Gasteiger charge is 2.35. The van der Waals surface area contributed by atoms with E-state index in [4.69, 9.17) is 4.42 Å². The van der Waals surface area contributed by atoms with Gasteiger partial charge in [0.15, 0.2) is 0 Å².